The van der Waals surface area contributed by atoms with E-state index in [9.17, 15) is 4.79 Å². The molecule has 0 bridgehead atoms. The summed E-state index contributed by atoms with van der Waals surface area (Å²) in [7, 11) is 3.57. The highest BCUT2D eigenvalue weighted by molar-refractivity contribution is 5.93. The molecule has 1 aromatic rings. The van der Waals surface area contributed by atoms with E-state index < -0.39 is 0 Å². The molecule has 1 amide bonds. The van der Waals surface area contributed by atoms with Crippen molar-refractivity contribution in [2.45, 2.75) is 39.7 Å². The van der Waals surface area contributed by atoms with Crippen LogP contribution in [-0.4, -0.2) is 34.5 Å². The first-order valence-electron chi connectivity index (χ1n) is 6.34. The van der Waals surface area contributed by atoms with Crippen LogP contribution >= 0.6 is 0 Å². The lowest BCUT2D eigenvalue weighted by molar-refractivity contribution is 0.0820. The zero-order valence-electron chi connectivity index (χ0n) is 11.2. The molecular formula is C13H21N3O. The van der Waals surface area contributed by atoms with Gasteiger partial charge in [-0.3, -0.25) is 4.79 Å². The molecule has 2 rings (SSSR count). The lowest BCUT2D eigenvalue weighted by Crippen LogP contribution is -2.25. The average Bonchev–Trinajstić information content (AvgIpc) is 2.65. The van der Waals surface area contributed by atoms with Crippen LogP contribution in [0, 0.1) is 5.92 Å². The Kier molecular flexibility index (Phi) is 3.22. The molecule has 0 aromatic carbocycles. The summed E-state index contributed by atoms with van der Waals surface area (Å²) in [6.07, 6.45) is 3.05. The van der Waals surface area contributed by atoms with E-state index >= 15 is 0 Å². The second-order valence-corrected chi connectivity index (χ2v) is 5.13. The first kappa shape index (κ1) is 12.1. The minimum atomic E-state index is 0.0301. The lowest BCUT2D eigenvalue weighted by atomic mass is 9.97. The van der Waals surface area contributed by atoms with E-state index in [0.717, 1.165) is 30.9 Å². The van der Waals surface area contributed by atoms with Crippen LogP contribution < -0.4 is 0 Å². The minimum absolute atomic E-state index is 0.0301. The first-order chi connectivity index (χ1) is 8.04. The van der Waals surface area contributed by atoms with E-state index in [2.05, 4.69) is 23.4 Å². The SMILES string of the molecule is CCc1nc(C(=O)N(C)C)c2n1CCC(C)C2. The molecule has 4 nitrogen and oxygen atoms in total. The zero-order valence-corrected chi connectivity index (χ0v) is 11.2. The largest absolute Gasteiger partial charge is 0.343 e. The Morgan fingerprint density at radius 1 is 1.53 bits per heavy atom. The van der Waals surface area contributed by atoms with Gasteiger partial charge in [-0.05, 0) is 18.8 Å². The normalized spacial score (nSPS) is 18.9. The zero-order chi connectivity index (χ0) is 12.6. The van der Waals surface area contributed by atoms with Crippen LogP contribution in [0.15, 0.2) is 0 Å². The van der Waals surface area contributed by atoms with Gasteiger partial charge < -0.3 is 9.47 Å². The van der Waals surface area contributed by atoms with Crippen LogP contribution in [0.3, 0.4) is 0 Å². The third kappa shape index (κ3) is 2.08. The average molecular weight is 235 g/mol. The predicted octanol–water partition coefficient (Wildman–Crippen LogP) is 1.73. The highest BCUT2D eigenvalue weighted by Crippen LogP contribution is 2.25. The molecule has 94 valence electrons. The molecule has 2 heterocycles. The number of amides is 1. The van der Waals surface area contributed by atoms with Crippen LogP contribution in [-0.2, 0) is 19.4 Å². The Balaban J connectivity index is 2.46. The molecule has 1 unspecified atom stereocenters. The predicted molar refractivity (Wildman–Crippen MR) is 67.1 cm³/mol. The summed E-state index contributed by atoms with van der Waals surface area (Å²) in [5.74, 6) is 1.73. The maximum absolute atomic E-state index is 12.1. The van der Waals surface area contributed by atoms with Crippen molar-refractivity contribution >= 4 is 5.91 Å². The molecule has 0 spiro atoms. The molecule has 1 atom stereocenters. The molecule has 4 heteroatoms. The molecular weight excluding hydrogens is 214 g/mol. The second kappa shape index (κ2) is 4.51. The van der Waals surface area contributed by atoms with Crippen molar-refractivity contribution < 1.29 is 4.79 Å². The molecule has 17 heavy (non-hydrogen) atoms. The van der Waals surface area contributed by atoms with Crippen LogP contribution in [0.5, 0.6) is 0 Å². The topological polar surface area (TPSA) is 38.1 Å². The monoisotopic (exact) mass is 235 g/mol. The van der Waals surface area contributed by atoms with Gasteiger partial charge in [0.2, 0.25) is 0 Å². The molecule has 0 saturated heterocycles. The van der Waals surface area contributed by atoms with Crippen molar-refractivity contribution in [3.05, 3.63) is 17.2 Å². The van der Waals surface area contributed by atoms with Gasteiger partial charge in [0.15, 0.2) is 0 Å². The van der Waals surface area contributed by atoms with E-state index in [1.165, 1.54) is 6.42 Å². The van der Waals surface area contributed by atoms with Crippen LogP contribution in [0.25, 0.3) is 0 Å². The third-order valence-electron chi connectivity index (χ3n) is 3.46. The van der Waals surface area contributed by atoms with Gasteiger partial charge in [-0.2, -0.15) is 0 Å². The molecule has 0 fully saturated rings. The molecule has 1 aliphatic rings. The maximum atomic E-state index is 12.1. The van der Waals surface area contributed by atoms with Gasteiger partial charge in [-0.15, -0.1) is 0 Å². The van der Waals surface area contributed by atoms with E-state index in [4.69, 9.17) is 0 Å². The van der Waals surface area contributed by atoms with E-state index in [0.29, 0.717) is 11.6 Å². The molecule has 0 N–H and O–H groups in total. The van der Waals surface area contributed by atoms with Gasteiger partial charge in [0.25, 0.3) is 5.91 Å². The van der Waals surface area contributed by atoms with Crippen molar-refractivity contribution in [2.24, 2.45) is 5.92 Å². The van der Waals surface area contributed by atoms with Crippen molar-refractivity contribution in [1.29, 1.82) is 0 Å². The number of hydrogen-bond donors (Lipinski definition) is 0. The van der Waals surface area contributed by atoms with Gasteiger partial charge in [0, 0.05) is 27.1 Å². The number of aromatic nitrogens is 2. The van der Waals surface area contributed by atoms with Crippen molar-refractivity contribution in [3.63, 3.8) is 0 Å². The van der Waals surface area contributed by atoms with Crippen molar-refractivity contribution in [2.75, 3.05) is 14.1 Å². The van der Waals surface area contributed by atoms with Gasteiger partial charge in [0.1, 0.15) is 11.5 Å². The molecule has 0 radical (unpaired) electrons. The fraction of sp³-hybridized carbons (Fsp3) is 0.692. The Morgan fingerprint density at radius 3 is 2.82 bits per heavy atom. The summed E-state index contributed by atoms with van der Waals surface area (Å²) in [6.45, 7) is 5.34. The number of imidazole rings is 1. The summed E-state index contributed by atoms with van der Waals surface area (Å²) in [6, 6.07) is 0. The molecule has 1 aliphatic heterocycles. The Labute approximate surface area is 103 Å². The smallest absolute Gasteiger partial charge is 0.273 e. The summed E-state index contributed by atoms with van der Waals surface area (Å²) < 4.78 is 2.25. The number of hydrogen-bond acceptors (Lipinski definition) is 2. The van der Waals surface area contributed by atoms with E-state index in [1.807, 2.05) is 0 Å². The Hall–Kier alpha value is -1.32. The highest BCUT2D eigenvalue weighted by atomic mass is 16.2. The Morgan fingerprint density at radius 2 is 2.24 bits per heavy atom. The minimum Gasteiger partial charge on any atom is -0.343 e. The second-order valence-electron chi connectivity index (χ2n) is 5.13. The van der Waals surface area contributed by atoms with Gasteiger partial charge in [-0.25, -0.2) is 4.98 Å². The van der Waals surface area contributed by atoms with E-state index in [-0.39, 0.29) is 5.91 Å². The standard InChI is InChI=1S/C13H21N3O/c1-5-11-14-12(13(17)15(3)4)10-8-9(2)6-7-16(10)11/h9H,5-8H2,1-4H3. The molecule has 0 aliphatic carbocycles. The third-order valence-corrected chi connectivity index (χ3v) is 3.46. The summed E-state index contributed by atoms with van der Waals surface area (Å²) in [4.78, 5) is 18.3. The lowest BCUT2D eigenvalue weighted by Gasteiger charge is -2.22. The summed E-state index contributed by atoms with van der Waals surface area (Å²) in [5.41, 5.74) is 1.80. The maximum Gasteiger partial charge on any atom is 0.273 e. The number of aryl methyl sites for hydroxylation is 1. The van der Waals surface area contributed by atoms with Crippen LogP contribution in [0.2, 0.25) is 0 Å². The fourth-order valence-electron chi connectivity index (χ4n) is 2.44. The fourth-order valence-corrected chi connectivity index (χ4v) is 2.44. The van der Waals surface area contributed by atoms with Crippen LogP contribution in [0.1, 0.15) is 42.3 Å². The van der Waals surface area contributed by atoms with Crippen molar-refractivity contribution in [3.8, 4) is 0 Å². The number of rotatable bonds is 2. The van der Waals surface area contributed by atoms with E-state index in [1.54, 1.807) is 19.0 Å². The number of nitrogens with zero attached hydrogens (tertiary/aromatic N) is 3. The van der Waals surface area contributed by atoms with Gasteiger partial charge >= 0.3 is 0 Å². The van der Waals surface area contributed by atoms with Crippen LogP contribution in [0.4, 0.5) is 0 Å². The summed E-state index contributed by atoms with van der Waals surface area (Å²) >= 11 is 0. The highest BCUT2D eigenvalue weighted by Gasteiger charge is 2.26. The van der Waals surface area contributed by atoms with Crippen molar-refractivity contribution in [1.82, 2.24) is 14.5 Å². The molecule has 1 aromatic heterocycles. The summed E-state index contributed by atoms with van der Waals surface area (Å²) in [5, 5.41) is 0. The Bertz CT molecular complexity index is 434. The quantitative estimate of drug-likeness (QED) is 0.783. The number of carbonyl (C=O) groups excluding carboxylic acids is 1. The van der Waals surface area contributed by atoms with Gasteiger partial charge in [-0.1, -0.05) is 13.8 Å². The van der Waals surface area contributed by atoms with Gasteiger partial charge in [0.05, 0.1) is 5.69 Å². The number of carbonyl (C=O) groups is 1. The molecule has 0 saturated carbocycles. The first-order valence-corrected chi connectivity index (χ1v) is 6.34. The number of fused-ring (bicyclic) bond motifs is 1.